The van der Waals surface area contributed by atoms with Crippen LogP contribution in [0.2, 0.25) is 0 Å². The average Bonchev–Trinajstić information content (AvgIpc) is 3.93. The Morgan fingerprint density at radius 1 is 0.905 bits per heavy atom. The van der Waals surface area contributed by atoms with Gasteiger partial charge in [0.1, 0.15) is 22.6 Å². The summed E-state index contributed by atoms with van der Waals surface area (Å²) in [6, 6.07) is 22.7. The molecule has 0 bridgehead atoms. The molecule has 21 heteroatoms. The summed E-state index contributed by atoms with van der Waals surface area (Å²) in [6.45, 7) is 1.64. The number of piperidine rings is 2. The van der Waals surface area contributed by atoms with Gasteiger partial charge < -0.3 is 20.1 Å². The molecule has 3 aromatic heterocycles. The lowest BCUT2D eigenvalue weighted by atomic mass is 9.61. The van der Waals surface area contributed by atoms with Gasteiger partial charge in [-0.3, -0.25) is 39.4 Å². The summed E-state index contributed by atoms with van der Waals surface area (Å²) >= 11 is 1.35. The van der Waals surface area contributed by atoms with Crippen molar-refractivity contribution in [3.8, 4) is 16.9 Å². The number of nitrogens with one attached hydrogen (secondary N) is 3. The number of hydrogen-bond acceptors (Lipinski definition) is 12. The van der Waals surface area contributed by atoms with E-state index in [4.69, 9.17) is 4.74 Å². The first-order valence-electron chi connectivity index (χ1n) is 24.2. The molecule has 1 saturated carbocycles. The Labute approximate surface area is 423 Å². The third-order valence-corrected chi connectivity index (χ3v) is 15.7. The summed E-state index contributed by atoms with van der Waals surface area (Å²) in [5, 5.41) is 23.5. The van der Waals surface area contributed by atoms with Crippen molar-refractivity contribution in [1.29, 1.82) is 0 Å². The lowest BCUT2D eigenvalue weighted by Crippen LogP contribution is -2.52. The van der Waals surface area contributed by atoms with Crippen molar-refractivity contribution in [1.82, 2.24) is 30.0 Å². The second-order valence-electron chi connectivity index (χ2n) is 19.4. The Bertz CT molecular complexity index is 3420. The number of aromatic nitrogens is 4. The molecule has 0 radical (unpaired) electrons. The SMILES string of the molecule is Cn1nc(C2CCC(=O)NC2=O)c2ccc(NC(=O)CN3CCC4(CC3)CC(Oc3cccc(-c5ccc(N6CCc7cccc(C(=O)Nc8nc9ccccc9s8)c7C6)nc5C(=O)O)c3C(F)(F)F)C4)c(F)c21. The first kappa shape index (κ1) is 48.5. The van der Waals surface area contributed by atoms with Crippen LogP contribution in [-0.2, 0) is 40.6 Å². The monoisotopic (exact) mass is 1030 g/mol. The summed E-state index contributed by atoms with van der Waals surface area (Å²) in [7, 11) is 1.54. The van der Waals surface area contributed by atoms with Gasteiger partial charge in [-0.1, -0.05) is 47.7 Å². The van der Waals surface area contributed by atoms with Gasteiger partial charge in [0.25, 0.3) is 5.91 Å². The first-order chi connectivity index (χ1) is 35.5. The fourth-order valence-corrected chi connectivity index (χ4v) is 11.9. The standard InChI is InChI=1S/C53H47F4N9O7S/c1-64-47-33(45(63-64)34-14-17-41(67)61-49(34)70)12-15-37(44(47)54)58-42(68)27-65-22-19-52(20-23-65)24-29(25-52)73-38-10-5-7-30(43(38)53(55,56)57)31-13-16-40(60-46(31)50(71)72)66-21-18-28-6-4-8-32(35(28)26-66)48(69)62-51-59-36-9-2-3-11-39(36)74-51/h2-13,15-16,29,34H,14,17-27H2,1H3,(H,58,68)(H,71,72)(H,59,62,69)(H,61,67,70). The molecule has 1 unspecified atom stereocenters. The number of carbonyl (C=O) groups excluding carboxylic acids is 4. The van der Waals surface area contributed by atoms with Crippen LogP contribution in [0.5, 0.6) is 5.75 Å². The number of thiazole rings is 1. The van der Waals surface area contributed by atoms with Gasteiger partial charge in [0.15, 0.2) is 16.6 Å². The van der Waals surface area contributed by atoms with Crippen LogP contribution in [0, 0.1) is 11.2 Å². The number of amides is 4. The molecule has 74 heavy (non-hydrogen) atoms. The fraction of sp³-hybridized carbons (Fsp3) is 0.321. The maximum absolute atomic E-state index is 15.9. The van der Waals surface area contributed by atoms with Crippen LogP contribution in [-0.4, -0.2) is 91.6 Å². The van der Waals surface area contributed by atoms with Crippen LogP contribution < -0.4 is 25.6 Å². The average molecular weight is 1030 g/mol. The van der Waals surface area contributed by atoms with Crippen molar-refractivity contribution in [3.05, 3.63) is 124 Å². The number of benzene rings is 4. The van der Waals surface area contributed by atoms with E-state index in [-0.39, 0.29) is 71.3 Å². The number of carboxylic acid groups (broad SMARTS) is 1. The smallest absolute Gasteiger partial charge is 0.420 e. The quantitative estimate of drug-likeness (QED) is 0.0711. The van der Waals surface area contributed by atoms with E-state index in [1.807, 2.05) is 35.2 Å². The Morgan fingerprint density at radius 2 is 1.69 bits per heavy atom. The molecule has 1 atom stereocenters. The summed E-state index contributed by atoms with van der Waals surface area (Å²) in [6.07, 6.45) is -2.31. The van der Waals surface area contributed by atoms with E-state index in [1.165, 1.54) is 59.5 Å². The zero-order valence-electron chi connectivity index (χ0n) is 39.7. The van der Waals surface area contributed by atoms with Crippen molar-refractivity contribution in [2.45, 2.75) is 69.7 Å². The number of ether oxygens (including phenoxy) is 1. The largest absolute Gasteiger partial charge is 0.490 e. The van der Waals surface area contributed by atoms with Crippen LogP contribution in [0.1, 0.15) is 87.7 Å². The molecular formula is C53H47F4N9O7S. The summed E-state index contributed by atoms with van der Waals surface area (Å²) in [5.74, 6) is -4.80. The molecule has 4 aliphatic rings. The third kappa shape index (κ3) is 9.18. The summed E-state index contributed by atoms with van der Waals surface area (Å²) in [5.41, 5.74) is 0.730. The molecule has 3 fully saturated rings. The number of carboxylic acids is 1. The lowest BCUT2D eigenvalue weighted by molar-refractivity contribution is -0.140. The molecule has 4 N–H and O–H groups in total. The number of para-hydroxylation sites is 1. The summed E-state index contributed by atoms with van der Waals surface area (Å²) < 4.78 is 69.7. The number of imide groups is 1. The topological polar surface area (TPSA) is 201 Å². The highest BCUT2D eigenvalue weighted by molar-refractivity contribution is 7.22. The van der Waals surface area contributed by atoms with Crippen molar-refractivity contribution in [2.75, 3.05) is 41.7 Å². The minimum absolute atomic E-state index is 0.0194. The van der Waals surface area contributed by atoms with Crippen molar-refractivity contribution in [3.63, 3.8) is 0 Å². The van der Waals surface area contributed by atoms with Gasteiger partial charge in [-0.2, -0.15) is 18.3 Å². The predicted molar refractivity (Wildman–Crippen MR) is 267 cm³/mol. The number of halogens is 4. The molecule has 380 valence electrons. The molecule has 7 aromatic rings. The zero-order chi connectivity index (χ0) is 51.6. The van der Waals surface area contributed by atoms with E-state index in [2.05, 4.69) is 31.0 Å². The number of pyridine rings is 1. The van der Waals surface area contributed by atoms with Gasteiger partial charge in [0, 0.05) is 48.6 Å². The summed E-state index contributed by atoms with van der Waals surface area (Å²) in [4.78, 5) is 76.6. The lowest BCUT2D eigenvalue weighted by Gasteiger charge is -2.51. The molecule has 4 aromatic carbocycles. The van der Waals surface area contributed by atoms with E-state index < -0.39 is 58.8 Å². The Morgan fingerprint density at radius 3 is 2.45 bits per heavy atom. The minimum atomic E-state index is -4.93. The van der Waals surface area contributed by atoms with E-state index in [9.17, 15) is 29.1 Å². The van der Waals surface area contributed by atoms with Gasteiger partial charge in [-0.25, -0.2) is 19.2 Å². The predicted octanol–water partition coefficient (Wildman–Crippen LogP) is 8.70. The number of rotatable bonds is 11. The van der Waals surface area contributed by atoms with Crippen molar-refractivity contribution < 1.29 is 51.4 Å². The highest BCUT2D eigenvalue weighted by Crippen LogP contribution is 2.52. The Hall–Kier alpha value is -7.78. The van der Waals surface area contributed by atoms with Gasteiger partial charge in [-0.15, -0.1) is 0 Å². The van der Waals surface area contributed by atoms with E-state index in [0.717, 1.165) is 21.3 Å². The van der Waals surface area contributed by atoms with Crippen LogP contribution in [0.4, 0.5) is 34.2 Å². The molecule has 11 rings (SSSR count). The van der Waals surface area contributed by atoms with E-state index >= 15 is 17.6 Å². The number of aryl methyl sites for hydroxylation is 1. The number of carbonyl (C=O) groups is 5. The van der Waals surface area contributed by atoms with Crippen molar-refractivity contribution in [2.24, 2.45) is 12.5 Å². The number of alkyl halides is 3. The van der Waals surface area contributed by atoms with Crippen molar-refractivity contribution >= 4 is 78.7 Å². The maximum atomic E-state index is 15.9. The Balaban J connectivity index is 0.734. The van der Waals surface area contributed by atoms with Crippen LogP contribution in [0.25, 0.3) is 32.2 Å². The van der Waals surface area contributed by atoms with Gasteiger partial charge >= 0.3 is 12.1 Å². The van der Waals surface area contributed by atoms with Crippen LogP contribution >= 0.6 is 11.3 Å². The molecule has 6 heterocycles. The third-order valence-electron chi connectivity index (χ3n) is 14.8. The van der Waals surface area contributed by atoms with Gasteiger partial charge in [0.2, 0.25) is 17.7 Å². The number of fused-ring (bicyclic) bond motifs is 3. The maximum Gasteiger partial charge on any atom is 0.420 e. The normalized spacial score (nSPS) is 18.0. The van der Waals surface area contributed by atoms with Crippen LogP contribution in [0.3, 0.4) is 0 Å². The fourth-order valence-electron chi connectivity index (χ4n) is 11.0. The zero-order valence-corrected chi connectivity index (χ0v) is 40.5. The molecular weight excluding hydrogens is 983 g/mol. The molecule has 2 saturated heterocycles. The minimum Gasteiger partial charge on any atom is -0.490 e. The van der Waals surface area contributed by atoms with Crippen LogP contribution in [0.15, 0.2) is 84.9 Å². The molecule has 4 amide bonds. The molecule has 1 spiro atoms. The first-order valence-corrected chi connectivity index (χ1v) is 25.0. The number of aromatic carboxylic acids is 1. The molecule has 1 aliphatic carbocycles. The second-order valence-corrected chi connectivity index (χ2v) is 20.4. The van der Waals surface area contributed by atoms with E-state index in [1.54, 1.807) is 23.1 Å². The molecule has 16 nitrogen and oxygen atoms in total. The second kappa shape index (κ2) is 18.9. The number of hydrogen-bond donors (Lipinski definition) is 4. The number of anilines is 3. The van der Waals surface area contributed by atoms with E-state index in [0.29, 0.717) is 73.5 Å². The van der Waals surface area contributed by atoms with Gasteiger partial charge in [-0.05, 0) is 117 Å². The van der Waals surface area contributed by atoms with Gasteiger partial charge in [0.05, 0.1) is 40.2 Å². The highest BCUT2D eigenvalue weighted by atomic mass is 32.1. The number of nitrogens with zero attached hydrogens (tertiary/aromatic N) is 6. The molecule has 3 aliphatic heterocycles. The Kier molecular flexibility index (Phi) is 12.4. The number of likely N-dealkylation sites (tertiary alicyclic amines) is 1. The highest BCUT2D eigenvalue weighted by Gasteiger charge is 2.48.